The highest BCUT2D eigenvalue weighted by molar-refractivity contribution is 7.89. The van der Waals surface area contributed by atoms with E-state index in [2.05, 4.69) is 15.0 Å². The van der Waals surface area contributed by atoms with E-state index >= 15 is 0 Å². The fraction of sp³-hybridized carbons (Fsp3) is 0.333. The number of ether oxygens (including phenoxy) is 1. The molecule has 148 valence electrons. The molecule has 9 nitrogen and oxygen atoms in total. The lowest BCUT2D eigenvalue weighted by molar-refractivity contribution is 0.0759. The molecule has 10 heteroatoms. The zero-order chi connectivity index (χ0) is 19.7. The van der Waals surface area contributed by atoms with Crippen molar-refractivity contribution in [2.45, 2.75) is 11.4 Å². The Bertz CT molecular complexity index is 1090. The van der Waals surface area contributed by atoms with Gasteiger partial charge in [-0.3, -0.25) is 4.79 Å². The van der Waals surface area contributed by atoms with Gasteiger partial charge in [-0.05, 0) is 24.6 Å². The van der Waals surface area contributed by atoms with Gasteiger partial charge in [-0.2, -0.15) is 4.31 Å². The minimum atomic E-state index is -3.63. The highest BCUT2D eigenvalue weighted by Gasteiger charge is 2.29. The minimum Gasteiger partial charge on any atom is -0.497 e. The summed E-state index contributed by atoms with van der Waals surface area (Å²) in [7, 11) is -2.03. The van der Waals surface area contributed by atoms with Crippen LogP contribution in [-0.4, -0.2) is 71.8 Å². The smallest absolute Gasteiger partial charge is 0.270 e. The second-order valence-electron chi connectivity index (χ2n) is 6.60. The molecule has 0 aliphatic carbocycles. The molecule has 1 aliphatic rings. The summed E-state index contributed by atoms with van der Waals surface area (Å²) < 4.78 is 31.9. The minimum absolute atomic E-state index is 0.0665. The van der Waals surface area contributed by atoms with Crippen molar-refractivity contribution < 1.29 is 17.9 Å². The predicted octanol–water partition coefficient (Wildman–Crippen LogP) is 1.44. The van der Waals surface area contributed by atoms with Crippen molar-refractivity contribution >= 4 is 26.8 Å². The van der Waals surface area contributed by atoms with Gasteiger partial charge in [0.05, 0.1) is 19.6 Å². The maximum absolute atomic E-state index is 12.9. The summed E-state index contributed by atoms with van der Waals surface area (Å²) in [6.45, 7) is 1.41. The third-order valence-corrected chi connectivity index (χ3v) is 6.72. The van der Waals surface area contributed by atoms with E-state index in [1.807, 2.05) is 18.2 Å². The van der Waals surface area contributed by atoms with Crippen molar-refractivity contribution in [1.29, 1.82) is 0 Å². The first-order valence-electron chi connectivity index (χ1n) is 8.93. The molecule has 3 heterocycles. The van der Waals surface area contributed by atoms with Crippen LogP contribution in [-0.2, 0) is 10.0 Å². The second-order valence-corrected chi connectivity index (χ2v) is 8.51. The number of carbonyl (C=O) groups is 1. The Hall–Kier alpha value is -2.85. The standard InChI is InChI=1S/C18H21N5O4S/c1-27-14-4-3-13-9-16(21-15(13)10-14)18(24)22-5-2-6-23(8-7-22)28(25,26)17-11-19-12-20-17/h3-4,9-12,21H,2,5-8H2,1H3,(H,19,20). The molecule has 0 spiro atoms. The van der Waals surface area contributed by atoms with Crippen molar-refractivity contribution in [1.82, 2.24) is 24.2 Å². The van der Waals surface area contributed by atoms with Crippen LogP contribution in [0.25, 0.3) is 10.9 Å². The Morgan fingerprint density at radius 2 is 2.04 bits per heavy atom. The van der Waals surface area contributed by atoms with Gasteiger partial charge in [0.25, 0.3) is 15.9 Å². The maximum Gasteiger partial charge on any atom is 0.270 e. The number of methoxy groups -OCH3 is 1. The number of rotatable bonds is 4. The Balaban J connectivity index is 1.50. The van der Waals surface area contributed by atoms with Gasteiger partial charge in [-0.15, -0.1) is 0 Å². The van der Waals surface area contributed by atoms with Crippen LogP contribution in [0.5, 0.6) is 5.75 Å². The molecule has 2 N–H and O–H groups in total. The van der Waals surface area contributed by atoms with E-state index in [1.54, 1.807) is 18.1 Å². The molecule has 0 unspecified atom stereocenters. The van der Waals surface area contributed by atoms with Gasteiger partial charge in [0.2, 0.25) is 0 Å². The van der Waals surface area contributed by atoms with Crippen LogP contribution in [0.1, 0.15) is 16.9 Å². The topological polar surface area (TPSA) is 111 Å². The molecule has 28 heavy (non-hydrogen) atoms. The van der Waals surface area contributed by atoms with Gasteiger partial charge in [0, 0.05) is 43.1 Å². The number of amides is 1. The Kier molecular flexibility index (Phi) is 4.82. The van der Waals surface area contributed by atoms with E-state index in [1.165, 1.54) is 16.8 Å². The van der Waals surface area contributed by atoms with Crippen LogP contribution < -0.4 is 4.74 Å². The van der Waals surface area contributed by atoms with E-state index in [0.29, 0.717) is 37.5 Å². The molecule has 0 atom stereocenters. The third-order valence-electron chi connectivity index (χ3n) is 4.89. The summed E-state index contributed by atoms with van der Waals surface area (Å²) in [5.41, 5.74) is 1.30. The van der Waals surface area contributed by atoms with Crippen molar-refractivity contribution in [3.8, 4) is 5.75 Å². The van der Waals surface area contributed by atoms with Crippen molar-refractivity contribution in [2.24, 2.45) is 0 Å². The zero-order valence-corrected chi connectivity index (χ0v) is 16.2. The Labute approximate surface area is 162 Å². The number of imidazole rings is 1. The number of carbonyl (C=O) groups excluding carboxylic acids is 1. The molecule has 1 saturated heterocycles. The highest BCUT2D eigenvalue weighted by atomic mass is 32.2. The van der Waals surface area contributed by atoms with E-state index in [4.69, 9.17) is 4.74 Å². The van der Waals surface area contributed by atoms with Gasteiger partial charge >= 0.3 is 0 Å². The highest BCUT2D eigenvalue weighted by Crippen LogP contribution is 2.22. The molecular formula is C18H21N5O4S. The second kappa shape index (κ2) is 7.28. The van der Waals surface area contributed by atoms with Crippen molar-refractivity contribution in [2.75, 3.05) is 33.3 Å². The molecule has 0 radical (unpaired) electrons. The van der Waals surface area contributed by atoms with Gasteiger partial charge in [0.1, 0.15) is 11.4 Å². The number of benzene rings is 1. The maximum atomic E-state index is 12.9. The van der Waals surface area contributed by atoms with Gasteiger partial charge in [-0.1, -0.05) is 0 Å². The zero-order valence-electron chi connectivity index (χ0n) is 15.4. The lowest BCUT2D eigenvalue weighted by Crippen LogP contribution is -2.37. The molecule has 1 amide bonds. The number of nitrogens with one attached hydrogen (secondary N) is 2. The van der Waals surface area contributed by atoms with Crippen LogP contribution >= 0.6 is 0 Å². The molecule has 2 aromatic heterocycles. The fourth-order valence-electron chi connectivity index (χ4n) is 3.38. The average molecular weight is 403 g/mol. The summed E-state index contributed by atoms with van der Waals surface area (Å²) in [6, 6.07) is 7.38. The number of H-pyrrole nitrogens is 2. The Morgan fingerprint density at radius 3 is 2.79 bits per heavy atom. The van der Waals surface area contributed by atoms with Crippen LogP contribution in [0.4, 0.5) is 0 Å². The molecule has 0 bridgehead atoms. The molecule has 3 aromatic rings. The molecule has 1 aromatic carbocycles. The third kappa shape index (κ3) is 3.36. The molecule has 4 rings (SSSR count). The number of fused-ring (bicyclic) bond motifs is 1. The van der Waals surface area contributed by atoms with Crippen molar-refractivity contribution in [3.05, 3.63) is 42.5 Å². The fourth-order valence-corrected chi connectivity index (χ4v) is 4.74. The number of hydrogen-bond donors (Lipinski definition) is 2. The summed E-state index contributed by atoms with van der Waals surface area (Å²) in [5, 5.41) is 0.985. The van der Waals surface area contributed by atoms with Gasteiger partial charge in [0.15, 0.2) is 5.03 Å². The predicted molar refractivity (Wildman–Crippen MR) is 103 cm³/mol. The van der Waals surface area contributed by atoms with Crippen LogP contribution in [0.3, 0.4) is 0 Å². The lowest BCUT2D eigenvalue weighted by atomic mass is 10.2. The quantitative estimate of drug-likeness (QED) is 0.685. The van der Waals surface area contributed by atoms with Gasteiger partial charge in [-0.25, -0.2) is 13.4 Å². The van der Waals surface area contributed by atoms with E-state index in [0.717, 1.165) is 10.9 Å². The van der Waals surface area contributed by atoms with E-state index in [-0.39, 0.29) is 17.5 Å². The Morgan fingerprint density at radius 1 is 1.18 bits per heavy atom. The van der Waals surface area contributed by atoms with Crippen LogP contribution in [0, 0.1) is 0 Å². The average Bonchev–Trinajstić information content (AvgIpc) is 3.31. The van der Waals surface area contributed by atoms with E-state index < -0.39 is 10.0 Å². The molecular weight excluding hydrogens is 382 g/mol. The molecule has 0 saturated carbocycles. The SMILES string of the molecule is COc1ccc2cc(C(=O)N3CCCN(S(=O)(=O)c4cnc[nH]4)CC3)[nH]c2c1. The largest absolute Gasteiger partial charge is 0.497 e. The number of sulfonamides is 1. The summed E-state index contributed by atoms with van der Waals surface area (Å²) >= 11 is 0. The number of aromatic nitrogens is 3. The molecule has 1 fully saturated rings. The lowest BCUT2D eigenvalue weighted by Gasteiger charge is -2.21. The number of nitrogens with zero attached hydrogens (tertiary/aromatic N) is 3. The number of hydrogen-bond acceptors (Lipinski definition) is 5. The number of aromatic amines is 2. The van der Waals surface area contributed by atoms with Crippen LogP contribution in [0.2, 0.25) is 0 Å². The first kappa shape index (κ1) is 18.5. The van der Waals surface area contributed by atoms with Crippen molar-refractivity contribution in [3.63, 3.8) is 0 Å². The summed E-state index contributed by atoms with van der Waals surface area (Å²) in [6.07, 6.45) is 3.19. The first-order chi connectivity index (χ1) is 13.5. The van der Waals surface area contributed by atoms with Gasteiger partial charge < -0.3 is 19.6 Å². The van der Waals surface area contributed by atoms with E-state index in [9.17, 15) is 13.2 Å². The summed E-state index contributed by atoms with van der Waals surface area (Å²) in [5.74, 6) is 0.568. The van der Waals surface area contributed by atoms with Crippen LogP contribution in [0.15, 0.2) is 41.8 Å². The molecule has 1 aliphatic heterocycles. The first-order valence-corrected chi connectivity index (χ1v) is 10.4. The monoisotopic (exact) mass is 403 g/mol. The summed E-state index contributed by atoms with van der Waals surface area (Å²) in [4.78, 5) is 24.2. The normalized spacial score (nSPS) is 16.2.